The number of hydrogen-bond donors (Lipinski definition) is 2. The molecule has 0 aromatic heterocycles. The van der Waals surface area contributed by atoms with Crippen LogP contribution in [0, 0.1) is 12.7 Å². The largest absolute Gasteiger partial charge is 0.478 e. The number of halogens is 2. The second-order valence-electron chi connectivity index (χ2n) is 11.2. The number of ether oxygens (including phenoxy) is 1. The number of piperazine rings is 1. The van der Waals surface area contributed by atoms with Crippen molar-refractivity contribution in [2.75, 3.05) is 82.2 Å². The van der Waals surface area contributed by atoms with E-state index >= 15 is 0 Å². The van der Waals surface area contributed by atoms with Gasteiger partial charge in [0.2, 0.25) is 0 Å². The number of carboxylic acids is 1. The zero-order valence-electron chi connectivity index (χ0n) is 25.7. The molecule has 0 spiro atoms. The lowest BCUT2D eigenvalue weighted by molar-refractivity contribution is 0.0367. The molecule has 2 fully saturated rings. The summed E-state index contributed by atoms with van der Waals surface area (Å²) in [7, 11) is 5.88. The number of nitrogens with one attached hydrogen (secondary N) is 1. The molecular formula is C33H41ClFN5O4. The van der Waals surface area contributed by atoms with Gasteiger partial charge in [0.15, 0.2) is 0 Å². The quantitative estimate of drug-likeness (QED) is 0.340. The van der Waals surface area contributed by atoms with Gasteiger partial charge in [0.05, 0.1) is 33.3 Å². The highest BCUT2D eigenvalue weighted by molar-refractivity contribution is 6.33. The number of benzene rings is 3. The maximum Gasteiger partial charge on any atom is 0.335 e. The fourth-order valence-corrected chi connectivity index (χ4v) is 5.35. The van der Waals surface area contributed by atoms with Gasteiger partial charge in [-0.25, -0.2) is 9.18 Å². The average Bonchev–Trinajstić information content (AvgIpc) is 3.27. The first-order chi connectivity index (χ1) is 21.1. The zero-order valence-corrected chi connectivity index (χ0v) is 26.5. The number of aldehydes is 1. The van der Waals surface area contributed by atoms with Gasteiger partial charge in [-0.3, -0.25) is 9.69 Å². The van der Waals surface area contributed by atoms with Crippen molar-refractivity contribution in [3.05, 3.63) is 82.1 Å². The van der Waals surface area contributed by atoms with Crippen LogP contribution in [0.4, 0.5) is 27.1 Å². The number of hydrogen-bond acceptors (Lipinski definition) is 8. The molecule has 3 aliphatic heterocycles. The molecule has 3 aromatic rings. The van der Waals surface area contributed by atoms with Gasteiger partial charge in [-0.15, -0.1) is 0 Å². The number of nitrogens with zero attached hydrogens (tertiary/aromatic N) is 4. The Morgan fingerprint density at radius 3 is 2.34 bits per heavy atom. The molecule has 236 valence electrons. The Balaban J connectivity index is 0.000000179. The van der Waals surface area contributed by atoms with E-state index in [0.717, 1.165) is 62.9 Å². The first kappa shape index (κ1) is 33.2. The van der Waals surface area contributed by atoms with Crippen molar-refractivity contribution in [1.82, 2.24) is 9.80 Å². The van der Waals surface area contributed by atoms with E-state index in [0.29, 0.717) is 33.8 Å². The molecule has 0 saturated carbocycles. The highest BCUT2D eigenvalue weighted by atomic mass is 35.5. The molecule has 2 saturated heterocycles. The number of anilines is 4. The molecule has 0 aliphatic carbocycles. The van der Waals surface area contributed by atoms with Crippen LogP contribution in [-0.2, 0) is 4.74 Å². The third-order valence-corrected chi connectivity index (χ3v) is 8.25. The lowest BCUT2D eigenvalue weighted by Gasteiger charge is -2.35. The Morgan fingerprint density at radius 2 is 1.75 bits per heavy atom. The van der Waals surface area contributed by atoms with Crippen LogP contribution in [0.15, 0.2) is 54.6 Å². The molecule has 3 aromatic carbocycles. The number of aryl methyl sites for hydroxylation is 1. The third kappa shape index (κ3) is 8.47. The van der Waals surface area contributed by atoms with Crippen LogP contribution < -0.4 is 15.1 Å². The summed E-state index contributed by atoms with van der Waals surface area (Å²) in [4.78, 5) is 30.4. The topological polar surface area (TPSA) is 88.6 Å². The number of rotatable bonds is 6. The maximum atomic E-state index is 13.9. The van der Waals surface area contributed by atoms with E-state index in [2.05, 4.69) is 27.1 Å². The number of aromatic carboxylic acids is 1. The monoisotopic (exact) mass is 625 g/mol. The van der Waals surface area contributed by atoms with E-state index in [4.69, 9.17) is 21.4 Å². The summed E-state index contributed by atoms with van der Waals surface area (Å²) >= 11 is 6.17. The summed E-state index contributed by atoms with van der Waals surface area (Å²) in [6.45, 7) is 9.25. The summed E-state index contributed by atoms with van der Waals surface area (Å²) in [5.74, 6) is -1.28. The van der Waals surface area contributed by atoms with Gasteiger partial charge < -0.3 is 29.9 Å². The van der Waals surface area contributed by atoms with Crippen molar-refractivity contribution in [3.63, 3.8) is 0 Å². The van der Waals surface area contributed by atoms with Crippen LogP contribution in [0.5, 0.6) is 0 Å². The van der Waals surface area contributed by atoms with Crippen molar-refractivity contribution in [3.8, 4) is 0 Å². The minimum atomic E-state index is -0.881. The number of fused-ring (bicyclic) bond motifs is 1. The normalized spacial score (nSPS) is 17.6. The van der Waals surface area contributed by atoms with Crippen LogP contribution >= 0.6 is 11.6 Å². The fraction of sp³-hybridized carbons (Fsp3) is 0.394. The Hall–Kier alpha value is -3.70. The highest BCUT2D eigenvalue weighted by Gasteiger charge is 2.29. The van der Waals surface area contributed by atoms with Gasteiger partial charge in [-0.1, -0.05) is 17.7 Å². The molecule has 44 heavy (non-hydrogen) atoms. The molecule has 3 heterocycles. The zero-order chi connectivity index (χ0) is 31.8. The van der Waals surface area contributed by atoms with Gasteiger partial charge in [0.1, 0.15) is 18.3 Å². The molecule has 9 nitrogen and oxygen atoms in total. The van der Waals surface area contributed by atoms with Crippen molar-refractivity contribution in [2.24, 2.45) is 0 Å². The predicted octanol–water partition coefficient (Wildman–Crippen LogP) is 5.59. The Labute approximate surface area is 263 Å². The molecule has 6 rings (SSSR count). The SMILES string of the molecule is C1COC1.CN1CCN(CC2Nc3ccc(C(=O)O)cc3N2C)CC1.Cc1ccc(N(C)c2cc(C=O)ccc2F)c(Cl)c1. The summed E-state index contributed by atoms with van der Waals surface area (Å²) in [5.41, 5.74) is 4.78. The summed E-state index contributed by atoms with van der Waals surface area (Å²) in [6.07, 6.45) is 2.17. The van der Waals surface area contributed by atoms with Crippen LogP contribution in [0.2, 0.25) is 5.02 Å². The second-order valence-corrected chi connectivity index (χ2v) is 11.6. The molecule has 11 heteroatoms. The lowest BCUT2D eigenvalue weighted by Crippen LogP contribution is -2.50. The molecule has 3 aliphatic rings. The van der Waals surface area contributed by atoms with Crippen LogP contribution in [0.25, 0.3) is 0 Å². The molecule has 0 bridgehead atoms. The standard InChI is InChI=1S/C15H13ClFNO.C15H22N4O2.C3H6O/c1-10-3-6-14(12(16)7-10)18(2)15-8-11(9-19)4-5-13(15)17;1-17-5-7-19(8-6-17)10-14-16-12-4-3-11(15(20)21)9-13(12)18(14)2;1-2-4-3-1/h3-9H,1-2H3;3-4,9,14,16H,5-8,10H2,1-2H3,(H,20,21);1-3H2. The van der Waals surface area contributed by atoms with Crippen LogP contribution in [-0.4, -0.2) is 100 Å². The first-order valence-electron chi connectivity index (χ1n) is 14.7. The molecule has 0 radical (unpaired) electrons. The number of carbonyl (C=O) groups is 2. The Morgan fingerprint density at radius 1 is 1.07 bits per heavy atom. The molecule has 2 N–H and O–H groups in total. The molecule has 1 atom stereocenters. The maximum absolute atomic E-state index is 13.9. The molecule has 1 unspecified atom stereocenters. The van der Waals surface area contributed by atoms with E-state index in [9.17, 15) is 14.0 Å². The number of likely N-dealkylation sites (N-methyl/N-ethyl adjacent to an activating group) is 2. The van der Waals surface area contributed by atoms with Gasteiger partial charge >= 0.3 is 5.97 Å². The van der Waals surface area contributed by atoms with Crippen molar-refractivity contribution in [2.45, 2.75) is 19.5 Å². The summed E-state index contributed by atoms with van der Waals surface area (Å²) in [5, 5.41) is 13.1. The molecular weight excluding hydrogens is 585 g/mol. The second kappa shape index (κ2) is 15.3. The van der Waals surface area contributed by atoms with E-state index in [1.165, 1.54) is 24.6 Å². The van der Waals surface area contributed by atoms with E-state index in [-0.39, 0.29) is 6.17 Å². The lowest BCUT2D eigenvalue weighted by atomic mass is 10.1. The summed E-state index contributed by atoms with van der Waals surface area (Å²) < 4.78 is 18.6. The first-order valence-corrected chi connectivity index (χ1v) is 15.0. The fourth-order valence-electron chi connectivity index (χ4n) is 4.98. The Bertz CT molecular complexity index is 1440. The van der Waals surface area contributed by atoms with Crippen molar-refractivity contribution < 1.29 is 23.8 Å². The van der Waals surface area contributed by atoms with Gasteiger partial charge in [-0.2, -0.15) is 0 Å². The highest BCUT2D eigenvalue weighted by Crippen LogP contribution is 2.35. The smallest absolute Gasteiger partial charge is 0.335 e. The third-order valence-electron chi connectivity index (χ3n) is 7.95. The van der Waals surface area contributed by atoms with Crippen LogP contribution in [0.1, 0.15) is 32.7 Å². The minimum absolute atomic E-state index is 0.201. The van der Waals surface area contributed by atoms with Crippen molar-refractivity contribution in [1.29, 1.82) is 0 Å². The molecule has 0 amide bonds. The van der Waals surface area contributed by atoms with Gasteiger partial charge in [0.25, 0.3) is 0 Å². The number of carboxylic acid groups (broad SMARTS) is 1. The van der Waals surface area contributed by atoms with E-state index < -0.39 is 11.8 Å². The minimum Gasteiger partial charge on any atom is -0.478 e. The average molecular weight is 626 g/mol. The predicted molar refractivity (Wildman–Crippen MR) is 175 cm³/mol. The van der Waals surface area contributed by atoms with E-state index in [1.807, 2.05) is 38.2 Å². The Kier molecular flexibility index (Phi) is 11.6. The summed E-state index contributed by atoms with van der Waals surface area (Å²) in [6, 6.07) is 15.0. The van der Waals surface area contributed by atoms with Crippen LogP contribution in [0.3, 0.4) is 0 Å². The number of carbonyl (C=O) groups excluding carboxylic acids is 1. The van der Waals surface area contributed by atoms with Gasteiger partial charge in [0, 0.05) is 65.6 Å². The van der Waals surface area contributed by atoms with E-state index in [1.54, 1.807) is 24.1 Å². The van der Waals surface area contributed by atoms with Gasteiger partial charge in [-0.05, 0) is 74.5 Å². The van der Waals surface area contributed by atoms with Crippen molar-refractivity contribution >= 4 is 46.6 Å².